The van der Waals surface area contributed by atoms with E-state index in [9.17, 15) is 4.79 Å². The molecule has 0 spiro atoms. The molecule has 0 radical (unpaired) electrons. The van der Waals surface area contributed by atoms with Crippen LogP contribution in [0.2, 0.25) is 0 Å². The summed E-state index contributed by atoms with van der Waals surface area (Å²) in [4.78, 5) is 11.7. The maximum atomic E-state index is 11.7. The fourth-order valence-corrected chi connectivity index (χ4v) is 1.90. The second-order valence-corrected chi connectivity index (χ2v) is 4.75. The average molecular weight is 237 g/mol. The summed E-state index contributed by atoms with van der Waals surface area (Å²) in [6.45, 7) is 4.93. The van der Waals surface area contributed by atoms with Crippen LogP contribution in [0.25, 0.3) is 0 Å². The summed E-state index contributed by atoms with van der Waals surface area (Å²) in [5.74, 6) is 0.946. The number of H-pyrrole nitrogens is 1. The standard InChI is InChI=1S/C12H19N3O2/c1-8(2)10-7-11(15-14-10)13-12(16)6-9-4-3-5-17-9/h7-9H,3-6H2,1-2H3,(H2,13,14,15,16). The van der Waals surface area contributed by atoms with Gasteiger partial charge in [-0.25, -0.2) is 0 Å². The molecule has 1 unspecified atom stereocenters. The van der Waals surface area contributed by atoms with E-state index in [-0.39, 0.29) is 12.0 Å². The number of aromatic nitrogens is 2. The van der Waals surface area contributed by atoms with Gasteiger partial charge < -0.3 is 10.1 Å². The Morgan fingerprint density at radius 3 is 3.12 bits per heavy atom. The molecule has 1 aromatic heterocycles. The number of nitrogens with one attached hydrogen (secondary N) is 2. The van der Waals surface area contributed by atoms with Crippen LogP contribution in [0.1, 0.15) is 44.7 Å². The zero-order valence-corrected chi connectivity index (χ0v) is 10.3. The van der Waals surface area contributed by atoms with Crippen molar-refractivity contribution in [1.82, 2.24) is 10.2 Å². The molecule has 1 aliphatic heterocycles. The van der Waals surface area contributed by atoms with Crippen LogP contribution >= 0.6 is 0 Å². The van der Waals surface area contributed by atoms with E-state index in [1.54, 1.807) is 0 Å². The predicted molar refractivity (Wildman–Crippen MR) is 64.9 cm³/mol. The summed E-state index contributed by atoms with van der Waals surface area (Å²) in [5, 5.41) is 9.75. The van der Waals surface area contributed by atoms with Crippen molar-refractivity contribution in [3.63, 3.8) is 0 Å². The Hall–Kier alpha value is -1.36. The number of aromatic amines is 1. The van der Waals surface area contributed by atoms with Gasteiger partial charge in [-0.15, -0.1) is 0 Å². The number of nitrogens with zero attached hydrogens (tertiary/aromatic N) is 1. The van der Waals surface area contributed by atoms with E-state index < -0.39 is 0 Å². The van der Waals surface area contributed by atoms with Gasteiger partial charge in [0.1, 0.15) is 0 Å². The Kier molecular flexibility index (Phi) is 3.78. The number of rotatable bonds is 4. The van der Waals surface area contributed by atoms with Crippen molar-refractivity contribution < 1.29 is 9.53 Å². The summed E-state index contributed by atoms with van der Waals surface area (Å²) in [5.41, 5.74) is 1.03. The van der Waals surface area contributed by atoms with Crippen LogP contribution in [0.15, 0.2) is 6.07 Å². The van der Waals surface area contributed by atoms with Gasteiger partial charge in [-0.2, -0.15) is 5.10 Å². The highest BCUT2D eigenvalue weighted by molar-refractivity contribution is 5.90. The third-order valence-electron chi connectivity index (χ3n) is 2.92. The van der Waals surface area contributed by atoms with Crippen molar-refractivity contribution in [2.24, 2.45) is 0 Å². The van der Waals surface area contributed by atoms with Crippen molar-refractivity contribution in [2.75, 3.05) is 11.9 Å². The number of carbonyl (C=O) groups is 1. The number of hydrogen-bond donors (Lipinski definition) is 2. The summed E-state index contributed by atoms with van der Waals surface area (Å²) < 4.78 is 5.42. The Balaban J connectivity index is 1.84. The highest BCUT2D eigenvalue weighted by Crippen LogP contribution is 2.17. The lowest BCUT2D eigenvalue weighted by molar-refractivity contribution is -0.118. The Morgan fingerprint density at radius 1 is 1.71 bits per heavy atom. The third-order valence-corrected chi connectivity index (χ3v) is 2.92. The van der Waals surface area contributed by atoms with Crippen LogP contribution in [0, 0.1) is 0 Å². The lowest BCUT2D eigenvalue weighted by Crippen LogP contribution is -2.19. The highest BCUT2D eigenvalue weighted by atomic mass is 16.5. The highest BCUT2D eigenvalue weighted by Gasteiger charge is 2.19. The topological polar surface area (TPSA) is 67.0 Å². The van der Waals surface area contributed by atoms with Gasteiger partial charge in [-0.3, -0.25) is 9.89 Å². The molecule has 17 heavy (non-hydrogen) atoms. The molecule has 0 aromatic carbocycles. The monoisotopic (exact) mass is 237 g/mol. The van der Waals surface area contributed by atoms with Crippen molar-refractivity contribution in [3.8, 4) is 0 Å². The fourth-order valence-electron chi connectivity index (χ4n) is 1.90. The van der Waals surface area contributed by atoms with Gasteiger partial charge in [0, 0.05) is 18.4 Å². The summed E-state index contributed by atoms with van der Waals surface area (Å²) in [6, 6.07) is 1.87. The second-order valence-electron chi connectivity index (χ2n) is 4.75. The molecule has 94 valence electrons. The molecular formula is C12H19N3O2. The van der Waals surface area contributed by atoms with E-state index in [0.29, 0.717) is 18.2 Å². The SMILES string of the molecule is CC(C)c1cc(NC(=O)CC2CCCO2)n[nH]1. The molecule has 0 saturated carbocycles. The molecular weight excluding hydrogens is 218 g/mol. The van der Waals surface area contributed by atoms with Crippen LogP contribution in [0.3, 0.4) is 0 Å². The van der Waals surface area contributed by atoms with Crippen LogP contribution in [0.4, 0.5) is 5.82 Å². The van der Waals surface area contributed by atoms with Crippen LogP contribution in [-0.4, -0.2) is 28.8 Å². The molecule has 1 aromatic rings. The van der Waals surface area contributed by atoms with E-state index >= 15 is 0 Å². The number of carbonyl (C=O) groups excluding carboxylic acids is 1. The van der Waals surface area contributed by atoms with E-state index in [0.717, 1.165) is 25.1 Å². The molecule has 2 heterocycles. The van der Waals surface area contributed by atoms with Gasteiger partial charge >= 0.3 is 0 Å². The van der Waals surface area contributed by atoms with Gasteiger partial charge in [0.05, 0.1) is 12.5 Å². The van der Waals surface area contributed by atoms with E-state index in [1.165, 1.54) is 0 Å². The summed E-state index contributed by atoms with van der Waals surface area (Å²) in [6.07, 6.45) is 2.53. The Labute approximate surface area is 101 Å². The minimum absolute atomic E-state index is 0.0290. The first-order valence-corrected chi connectivity index (χ1v) is 6.12. The smallest absolute Gasteiger partial charge is 0.228 e. The first-order chi connectivity index (χ1) is 8.15. The van der Waals surface area contributed by atoms with Crippen LogP contribution in [-0.2, 0) is 9.53 Å². The maximum Gasteiger partial charge on any atom is 0.228 e. The molecule has 1 atom stereocenters. The zero-order chi connectivity index (χ0) is 12.3. The van der Waals surface area contributed by atoms with Crippen molar-refractivity contribution >= 4 is 11.7 Å². The molecule has 1 saturated heterocycles. The van der Waals surface area contributed by atoms with Gasteiger partial charge in [0.2, 0.25) is 5.91 Å². The quantitative estimate of drug-likeness (QED) is 0.842. The average Bonchev–Trinajstić information content (AvgIpc) is 2.88. The van der Waals surface area contributed by atoms with Crippen LogP contribution in [0.5, 0.6) is 0 Å². The lowest BCUT2D eigenvalue weighted by Gasteiger charge is -2.07. The molecule has 0 bridgehead atoms. The van der Waals surface area contributed by atoms with Gasteiger partial charge in [0.25, 0.3) is 0 Å². The number of ether oxygens (including phenoxy) is 1. The van der Waals surface area contributed by atoms with Crippen molar-refractivity contribution in [3.05, 3.63) is 11.8 Å². The largest absolute Gasteiger partial charge is 0.378 e. The molecule has 2 rings (SSSR count). The van der Waals surface area contributed by atoms with E-state index in [4.69, 9.17) is 4.74 Å². The van der Waals surface area contributed by atoms with Crippen molar-refractivity contribution in [2.45, 2.75) is 45.1 Å². The normalized spacial score (nSPS) is 19.8. The van der Waals surface area contributed by atoms with Gasteiger partial charge in [0.15, 0.2) is 5.82 Å². The molecule has 1 fully saturated rings. The van der Waals surface area contributed by atoms with Crippen molar-refractivity contribution in [1.29, 1.82) is 0 Å². The number of amides is 1. The molecule has 1 amide bonds. The van der Waals surface area contributed by atoms with Gasteiger partial charge in [-0.1, -0.05) is 13.8 Å². The second kappa shape index (κ2) is 5.31. The molecule has 5 heteroatoms. The Bertz CT molecular complexity index is 381. The first kappa shape index (κ1) is 12.1. The summed E-state index contributed by atoms with van der Waals surface area (Å²) >= 11 is 0. The van der Waals surface area contributed by atoms with Gasteiger partial charge in [-0.05, 0) is 18.8 Å². The number of hydrogen-bond acceptors (Lipinski definition) is 3. The molecule has 1 aliphatic rings. The van der Waals surface area contributed by atoms with E-state index in [2.05, 4.69) is 29.4 Å². The van der Waals surface area contributed by atoms with Crippen LogP contribution < -0.4 is 5.32 Å². The zero-order valence-electron chi connectivity index (χ0n) is 10.3. The number of anilines is 1. The van der Waals surface area contributed by atoms with E-state index in [1.807, 2.05) is 6.07 Å². The predicted octanol–water partition coefficient (Wildman–Crippen LogP) is 2.04. The minimum atomic E-state index is -0.0290. The third kappa shape index (κ3) is 3.30. The maximum absolute atomic E-state index is 11.7. The first-order valence-electron chi connectivity index (χ1n) is 6.12. The Morgan fingerprint density at radius 2 is 2.53 bits per heavy atom. The summed E-state index contributed by atoms with van der Waals surface area (Å²) in [7, 11) is 0. The molecule has 5 nitrogen and oxygen atoms in total. The lowest BCUT2D eigenvalue weighted by atomic mass is 10.1. The fraction of sp³-hybridized carbons (Fsp3) is 0.667. The minimum Gasteiger partial charge on any atom is -0.378 e. The molecule has 0 aliphatic carbocycles. The molecule has 2 N–H and O–H groups in total.